The van der Waals surface area contributed by atoms with Gasteiger partial charge in [0, 0.05) is 44.0 Å². The number of nitrogens with zero attached hydrogens (tertiary/aromatic N) is 2. The zero-order valence-electron chi connectivity index (χ0n) is 13.7. The molecular formula is C19H26N2O. The topological polar surface area (TPSA) is 15.7 Å². The molecule has 3 nitrogen and oxygen atoms in total. The molecule has 1 fully saturated rings. The van der Waals surface area contributed by atoms with Crippen molar-refractivity contribution in [1.82, 2.24) is 9.80 Å². The molecule has 0 spiro atoms. The molecule has 0 bridgehead atoms. The Morgan fingerprint density at radius 3 is 2.55 bits per heavy atom. The first kappa shape index (κ1) is 15.3. The summed E-state index contributed by atoms with van der Waals surface area (Å²) in [7, 11) is 2.20. The molecule has 1 atom stereocenters. The normalized spacial score (nSPS) is 18.5. The second kappa shape index (κ2) is 7.12. The fourth-order valence-electron chi connectivity index (χ4n) is 3.08. The van der Waals surface area contributed by atoms with Gasteiger partial charge in [0.15, 0.2) is 0 Å². The summed E-state index contributed by atoms with van der Waals surface area (Å²) in [5.74, 6) is 1.55. The molecule has 0 saturated carbocycles. The summed E-state index contributed by atoms with van der Waals surface area (Å²) in [4.78, 5) is 4.95. The van der Waals surface area contributed by atoms with Crippen LogP contribution in [0.5, 0.6) is 5.75 Å². The van der Waals surface area contributed by atoms with E-state index in [0.29, 0.717) is 5.92 Å². The van der Waals surface area contributed by atoms with Gasteiger partial charge in [0.05, 0.1) is 6.61 Å². The van der Waals surface area contributed by atoms with E-state index in [0.717, 1.165) is 18.9 Å². The standard InChI is InChI=1S/C19H26N2O/c1-16(14-21-12-10-20(2)11-13-21)15-22-19-9-5-7-17-6-3-4-8-18(17)19/h3-9,16H,10-15H2,1-2H3/t16-/m0/s1. The Balaban J connectivity index is 1.55. The highest BCUT2D eigenvalue weighted by atomic mass is 16.5. The predicted molar refractivity (Wildman–Crippen MR) is 92.5 cm³/mol. The summed E-state index contributed by atoms with van der Waals surface area (Å²) in [6, 6.07) is 14.7. The van der Waals surface area contributed by atoms with Crippen molar-refractivity contribution >= 4 is 10.8 Å². The average Bonchev–Trinajstić information content (AvgIpc) is 2.55. The van der Waals surface area contributed by atoms with Crippen molar-refractivity contribution in [3.05, 3.63) is 42.5 Å². The maximum absolute atomic E-state index is 6.11. The van der Waals surface area contributed by atoms with Crippen LogP contribution >= 0.6 is 0 Å². The molecule has 0 aliphatic carbocycles. The Morgan fingerprint density at radius 1 is 1.00 bits per heavy atom. The number of rotatable bonds is 5. The second-order valence-electron chi connectivity index (χ2n) is 6.50. The minimum absolute atomic E-state index is 0.544. The zero-order valence-corrected chi connectivity index (χ0v) is 13.7. The van der Waals surface area contributed by atoms with Crippen LogP contribution in [0.15, 0.2) is 42.5 Å². The number of likely N-dealkylation sites (N-methyl/N-ethyl adjacent to an activating group) is 1. The molecule has 0 N–H and O–H groups in total. The van der Waals surface area contributed by atoms with Gasteiger partial charge in [-0.3, -0.25) is 0 Å². The molecule has 2 aromatic carbocycles. The molecule has 0 amide bonds. The maximum atomic E-state index is 6.11. The van der Waals surface area contributed by atoms with Crippen LogP contribution < -0.4 is 4.74 Å². The smallest absolute Gasteiger partial charge is 0.127 e. The monoisotopic (exact) mass is 298 g/mol. The van der Waals surface area contributed by atoms with Gasteiger partial charge in [0.1, 0.15) is 5.75 Å². The van der Waals surface area contributed by atoms with Gasteiger partial charge in [-0.15, -0.1) is 0 Å². The van der Waals surface area contributed by atoms with Crippen LogP contribution in [0.3, 0.4) is 0 Å². The van der Waals surface area contributed by atoms with E-state index in [-0.39, 0.29) is 0 Å². The number of benzene rings is 2. The first-order valence-electron chi connectivity index (χ1n) is 8.24. The van der Waals surface area contributed by atoms with Gasteiger partial charge in [-0.25, -0.2) is 0 Å². The first-order valence-corrected chi connectivity index (χ1v) is 8.24. The van der Waals surface area contributed by atoms with Crippen LogP contribution in [0.1, 0.15) is 6.92 Å². The highest BCUT2D eigenvalue weighted by Crippen LogP contribution is 2.25. The first-order chi connectivity index (χ1) is 10.7. The number of ether oxygens (including phenoxy) is 1. The molecular weight excluding hydrogens is 272 g/mol. The molecule has 0 unspecified atom stereocenters. The van der Waals surface area contributed by atoms with E-state index in [2.05, 4.69) is 66.2 Å². The molecule has 22 heavy (non-hydrogen) atoms. The maximum Gasteiger partial charge on any atom is 0.127 e. The van der Waals surface area contributed by atoms with E-state index in [4.69, 9.17) is 4.74 Å². The Morgan fingerprint density at radius 2 is 1.73 bits per heavy atom. The Hall–Kier alpha value is -1.58. The summed E-state index contributed by atoms with van der Waals surface area (Å²) in [6.45, 7) is 8.89. The number of hydrogen-bond acceptors (Lipinski definition) is 3. The summed E-state index contributed by atoms with van der Waals surface area (Å²) >= 11 is 0. The molecule has 3 heteroatoms. The fraction of sp³-hybridized carbons (Fsp3) is 0.474. The molecule has 1 aliphatic rings. The minimum Gasteiger partial charge on any atom is -0.493 e. The molecule has 1 heterocycles. The third-order valence-corrected chi connectivity index (χ3v) is 4.44. The van der Waals surface area contributed by atoms with E-state index in [1.807, 2.05) is 0 Å². The van der Waals surface area contributed by atoms with E-state index < -0.39 is 0 Å². The van der Waals surface area contributed by atoms with Gasteiger partial charge in [-0.2, -0.15) is 0 Å². The molecule has 1 aliphatic heterocycles. The summed E-state index contributed by atoms with van der Waals surface area (Å²) in [5, 5.41) is 2.45. The van der Waals surface area contributed by atoms with Crippen molar-refractivity contribution in [2.24, 2.45) is 5.92 Å². The largest absolute Gasteiger partial charge is 0.493 e. The predicted octanol–water partition coefficient (Wildman–Crippen LogP) is 3.10. The number of piperazine rings is 1. The Kier molecular flexibility index (Phi) is 4.96. The lowest BCUT2D eigenvalue weighted by Crippen LogP contribution is -2.46. The van der Waals surface area contributed by atoms with Crippen LogP contribution in [0, 0.1) is 5.92 Å². The SMILES string of the molecule is C[C@H](COc1cccc2ccccc12)CN1CCN(C)CC1. The van der Waals surface area contributed by atoms with Crippen molar-refractivity contribution in [2.45, 2.75) is 6.92 Å². The molecule has 0 aromatic heterocycles. The van der Waals surface area contributed by atoms with Crippen LogP contribution in [0.4, 0.5) is 0 Å². The third-order valence-electron chi connectivity index (χ3n) is 4.44. The van der Waals surface area contributed by atoms with Crippen molar-refractivity contribution in [1.29, 1.82) is 0 Å². The van der Waals surface area contributed by atoms with Crippen molar-refractivity contribution in [3.63, 3.8) is 0 Å². The van der Waals surface area contributed by atoms with Gasteiger partial charge >= 0.3 is 0 Å². The van der Waals surface area contributed by atoms with Crippen LogP contribution in [0.2, 0.25) is 0 Å². The lowest BCUT2D eigenvalue weighted by atomic mass is 10.1. The van der Waals surface area contributed by atoms with E-state index in [9.17, 15) is 0 Å². The van der Waals surface area contributed by atoms with Crippen LogP contribution in [-0.2, 0) is 0 Å². The Labute approximate surface area is 133 Å². The minimum atomic E-state index is 0.544. The van der Waals surface area contributed by atoms with Gasteiger partial charge < -0.3 is 14.5 Å². The number of hydrogen-bond donors (Lipinski definition) is 0. The highest BCUT2D eigenvalue weighted by Gasteiger charge is 2.16. The molecule has 1 saturated heterocycles. The molecule has 3 rings (SSSR count). The molecule has 0 radical (unpaired) electrons. The lowest BCUT2D eigenvalue weighted by Gasteiger charge is -2.33. The molecule has 2 aromatic rings. The highest BCUT2D eigenvalue weighted by molar-refractivity contribution is 5.88. The van der Waals surface area contributed by atoms with Crippen molar-refractivity contribution in [3.8, 4) is 5.75 Å². The summed E-state index contributed by atoms with van der Waals surface area (Å²) in [6.07, 6.45) is 0. The number of fused-ring (bicyclic) bond motifs is 1. The van der Waals surface area contributed by atoms with E-state index >= 15 is 0 Å². The van der Waals surface area contributed by atoms with Crippen molar-refractivity contribution in [2.75, 3.05) is 46.4 Å². The zero-order chi connectivity index (χ0) is 15.4. The summed E-state index contributed by atoms with van der Waals surface area (Å²) < 4.78 is 6.11. The average molecular weight is 298 g/mol. The van der Waals surface area contributed by atoms with Crippen LogP contribution in [0.25, 0.3) is 10.8 Å². The van der Waals surface area contributed by atoms with Gasteiger partial charge in [0.2, 0.25) is 0 Å². The Bertz CT molecular complexity index is 600. The molecule has 118 valence electrons. The van der Waals surface area contributed by atoms with E-state index in [1.54, 1.807) is 0 Å². The van der Waals surface area contributed by atoms with E-state index in [1.165, 1.54) is 37.0 Å². The quantitative estimate of drug-likeness (QED) is 0.843. The summed E-state index contributed by atoms with van der Waals surface area (Å²) in [5.41, 5.74) is 0. The third kappa shape index (κ3) is 3.79. The fourth-order valence-corrected chi connectivity index (χ4v) is 3.08. The van der Waals surface area contributed by atoms with Gasteiger partial charge in [-0.1, -0.05) is 43.3 Å². The lowest BCUT2D eigenvalue weighted by molar-refractivity contribution is 0.124. The van der Waals surface area contributed by atoms with Crippen molar-refractivity contribution < 1.29 is 4.74 Å². The van der Waals surface area contributed by atoms with Gasteiger partial charge in [-0.05, 0) is 18.5 Å². The second-order valence-corrected chi connectivity index (χ2v) is 6.50. The van der Waals surface area contributed by atoms with Crippen LogP contribution in [-0.4, -0.2) is 56.2 Å². The van der Waals surface area contributed by atoms with Gasteiger partial charge in [0.25, 0.3) is 0 Å².